The van der Waals surface area contributed by atoms with E-state index in [2.05, 4.69) is 61.3 Å². The first-order valence-corrected chi connectivity index (χ1v) is 18.4. The number of ether oxygens (including phenoxy) is 1. The smallest absolute Gasteiger partial charge is 0.272 e. The molecule has 3 aliphatic rings. The van der Waals surface area contributed by atoms with E-state index in [1.807, 2.05) is 41.9 Å². The molecule has 0 unspecified atom stereocenters. The van der Waals surface area contributed by atoms with Gasteiger partial charge in [0.15, 0.2) is 0 Å². The van der Waals surface area contributed by atoms with Crippen LogP contribution in [0.3, 0.4) is 0 Å². The molecule has 0 radical (unpaired) electrons. The molecule has 2 fully saturated rings. The third-order valence-corrected chi connectivity index (χ3v) is 10.3. The van der Waals surface area contributed by atoms with Gasteiger partial charge < -0.3 is 25.6 Å². The molecular formula is C40H49N7O3. The van der Waals surface area contributed by atoms with Gasteiger partial charge in [0.25, 0.3) is 11.8 Å². The zero-order chi connectivity index (χ0) is 34.3. The minimum absolute atomic E-state index is 0.0114. The van der Waals surface area contributed by atoms with Gasteiger partial charge in [0.2, 0.25) is 5.88 Å². The summed E-state index contributed by atoms with van der Waals surface area (Å²) in [7, 11) is 0. The van der Waals surface area contributed by atoms with Gasteiger partial charge in [-0.3, -0.25) is 14.3 Å². The van der Waals surface area contributed by atoms with Gasteiger partial charge in [0.1, 0.15) is 17.0 Å². The molecule has 2 aromatic heterocycles. The van der Waals surface area contributed by atoms with Crippen LogP contribution in [-0.4, -0.2) is 76.3 Å². The van der Waals surface area contributed by atoms with Gasteiger partial charge in [-0.25, -0.2) is 4.98 Å². The molecular weight excluding hydrogens is 626 g/mol. The molecule has 1 saturated carbocycles. The summed E-state index contributed by atoms with van der Waals surface area (Å²) in [5.74, 6) is 0.609. The van der Waals surface area contributed by atoms with E-state index in [0.29, 0.717) is 17.0 Å². The van der Waals surface area contributed by atoms with Crippen LogP contribution in [0.15, 0.2) is 66.9 Å². The van der Waals surface area contributed by atoms with Crippen LogP contribution in [0, 0.1) is 6.92 Å². The van der Waals surface area contributed by atoms with E-state index in [4.69, 9.17) is 4.74 Å². The van der Waals surface area contributed by atoms with E-state index in [1.54, 1.807) is 6.20 Å². The molecule has 10 nitrogen and oxygen atoms in total. The minimum Gasteiger partial charge on any atom is -0.438 e. The number of benzene rings is 2. The van der Waals surface area contributed by atoms with Crippen molar-refractivity contribution in [3.8, 4) is 22.8 Å². The van der Waals surface area contributed by atoms with E-state index >= 15 is 0 Å². The lowest BCUT2D eigenvalue weighted by Crippen LogP contribution is -2.44. The Kier molecular flexibility index (Phi) is 10.9. The number of rotatable bonds is 11. The summed E-state index contributed by atoms with van der Waals surface area (Å²) >= 11 is 0. The molecule has 262 valence electrons. The highest BCUT2D eigenvalue weighted by Crippen LogP contribution is 2.30. The molecule has 1 aliphatic carbocycles. The van der Waals surface area contributed by atoms with Gasteiger partial charge in [-0.2, -0.15) is 5.10 Å². The largest absolute Gasteiger partial charge is 0.438 e. The minimum atomic E-state index is -0.198. The van der Waals surface area contributed by atoms with Crippen molar-refractivity contribution < 1.29 is 14.3 Å². The number of piperazine rings is 1. The van der Waals surface area contributed by atoms with Crippen molar-refractivity contribution >= 4 is 11.8 Å². The lowest BCUT2D eigenvalue weighted by molar-refractivity contribution is 0.0887. The monoisotopic (exact) mass is 675 g/mol. The third-order valence-electron chi connectivity index (χ3n) is 10.3. The Bertz CT molecular complexity index is 1750. The van der Waals surface area contributed by atoms with Gasteiger partial charge in [0, 0.05) is 56.7 Å². The number of carbonyl (C=O) groups excluding carboxylic acids is 2. The topological polar surface area (TPSA) is 113 Å². The van der Waals surface area contributed by atoms with Crippen molar-refractivity contribution in [1.82, 2.24) is 35.6 Å². The SMILES string of the molecule is Cc1cnc(Oc2cccc(-c3ccc(CCCN4CCNCC4)cc3)c2)c(C(=O)NC2CCC(NC(=O)c3cc4n(n3)CCCC4)CC2)c1. The highest BCUT2D eigenvalue weighted by atomic mass is 16.5. The molecule has 0 spiro atoms. The second-order valence-corrected chi connectivity index (χ2v) is 14.1. The average Bonchev–Trinajstić information content (AvgIpc) is 3.59. The Balaban J connectivity index is 0.923. The van der Waals surface area contributed by atoms with Crippen LogP contribution >= 0.6 is 0 Å². The lowest BCUT2D eigenvalue weighted by Gasteiger charge is -2.29. The summed E-state index contributed by atoms with van der Waals surface area (Å²) in [5, 5.41) is 14.3. The number of nitrogens with zero attached hydrogens (tertiary/aromatic N) is 4. The van der Waals surface area contributed by atoms with Crippen LogP contribution in [0.1, 0.15) is 82.6 Å². The van der Waals surface area contributed by atoms with E-state index in [0.717, 1.165) is 119 Å². The van der Waals surface area contributed by atoms with Crippen LogP contribution in [0.2, 0.25) is 0 Å². The first-order chi connectivity index (χ1) is 24.5. The number of amides is 2. The van der Waals surface area contributed by atoms with Crippen LogP contribution in [0.4, 0.5) is 0 Å². The quantitative estimate of drug-likeness (QED) is 0.187. The highest BCUT2D eigenvalue weighted by molar-refractivity contribution is 5.97. The lowest BCUT2D eigenvalue weighted by atomic mass is 9.91. The van der Waals surface area contributed by atoms with Crippen molar-refractivity contribution in [2.75, 3.05) is 32.7 Å². The second-order valence-electron chi connectivity index (χ2n) is 14.1. The number of hydrogen-bond acceptors (Lipinski definition) is 7. The molecule has 4 aromatic rings. The number of nitrogens with one attached hydrogen (secondary N) is 3. The van der Waals surface area contributed by atoms with Gasteiger partial charge in [-0.05, 0) is 118 Å². The Labute approximate surface area is 295 Å². The van der Waals surface area contributed by atoms with Crippen molar-refractivity contribution in [3.63, 3.8) is 0 Å². The molecule has 7 rings (SSSR count). The first-order valence-electron chi connectivity index (χ1n) is 18.4. The molecule has 2 amide bonds. The standard InChI is InChI=1S/C40H49N7O3/c1-28-24-36(38(48)43-32-14-16-33(17-15-32)44-39(49)37-26-34-8-2-3-21-47(34)45-37)40(42-27-28)50-35-9-4-7-31(25-35)30-12-10-29(11-13-30)6-5-20-46-22-18-41-19-23-46/h4,7,9-13,24-27,32-33,41H,2-3,5-6,8,14-23H2,1H3,(H,43,48)(H,44,49). The molecule has 0 bridgehead atoms. The number of aryl methyl sites for hydroxylation is 4. The second kappa shape index (κ2) is 16.0. The van der Waals surface area contributed by atoms with Crippen molar-refractivity contribution in [2.24, 2.45) is 0 Å². The number of fused-ring (bicyclic) bond motifs is 1. The third kappa shape index (κ3) is 8.60. The Morgan fingerprint density at radius 1 is 0.880 bits per heavy atom. The highest BCUT2D eigenvalue weighted by Gasteiger charge is 2.27. The van der Waals surface area contributed by atoms with E-state index in [1.165, 1.54) is 5.56 Å². The fourth-order valence-electron chi connectivity index (χ4n) is 7.39. The molecule has 10 heteroatoms. The summed E-state index contributed by atoms with van der Waals surface area (Å²) in [6, 6.07) is 20.6. The summed E-state index contributed by atoms with van der Waals surface area (Å²) in [6.45, 7) is 8.41. The normalized spacial score (nSPS) is 19.4. The van der Waals surface area contributed by atoms with Crippen molar-refractivity contribution in [1.29, 1.82) is 0 Å². The maximum absolute atomic E-state index is 13.6. The van der Waals surface area contributed by atoms with Gasteiger partial charge in [0.05, 0.1) is 0 Å². The van der Waals surface area contributed by atoms with E-state index in [-0.39, 0.29) is 29.8 Å². The van der Waals surface area contributed by atoms with Crippen LogP contribution in [0.5, 0.6) is 11.6 Å². The molecule has 0 atom stereocenters. The van der Waals surface area contributed by atoms with Gasteiger partial charge >= 0.3 is 0 Å². The molecule has 50 heavy (non-hydrogen) atoms. The van der Waals surface area contributed by atoms with Crippen LogP contribution < -0.4 is 20.7 Å². The van der Waals surface area contributed by atoms with E-state index < -0.39 is 0 Å². The van der Waals surface area contributed by atoms with E-state index in [9.17, 15) is 9.59 Å². The van der Waals surface area contributed by atoms with Gasteiger partial charge in [-0.1, -0.05) is 36.4 Å². The summed E-state index contributed by atoms with van der Waals surface area (Å²) in [4.78, 5) is 33.6. The zero-order valence-corrected chi connectivity index (χ0v) is 29.1. The average molecular weight is 676 g/mol. The summed E-state index contributed by atoms with van der Waals surface area (Å²) in [5.41, 5.74) is 6.47. The van der Waals surface area contributed by atoms with Crippen molar-refractivity contribution in [2.45, 2.75) is 83.3 Å². The fraction of sp³-hybridized carbons (Fsp3) is 0.450. The van der Waals surface area contributed by atoms with Gasteiger partial charge in [-0.15, -0.1) is 0 Å². The van der Waals surface area contributed by atoms with Crippen LogP contribution in [-0.2, 0) is 19.4 Å². The fourth-order valence-corrected chi connectivity index (χ4v) is 7.39. The van der Waals surface area contributed by atoms with Crippen molar-refractivity contribution in [3.05, 3.63) is 94.9 Å². The molecule has 2 aliphatic heterocycles. The Morgan fingerprint density at radius 3 is 2.40 bits per heavy atom. The first kappa shape index (κ1) is 33.9. The number of aromatic nitrogens is 3. The van der Waals surface area contributed by atoms with Crippen LogP contribution in [0.25, 0.3) is 11.1 Å². The maximum atomic E-state index is 13.6. The number of pyridine rings is 1. The summed E-state index contributed by atoms with van der Waals surface area (Å²) < 4.78 is 8.24. The molecule has 3 N–H and O–H groups in total. The number of carbonyl (C=O) groups is 2. The summed E-state index contributed by atoms with van der Waals surface area (Å²) in [6.07, 6.45) is 10.3. The predicted octanol–water partition coefficient (Wildman–Crippen LogP) is 5.69. The number of hydrogen-bond donors (Lipinski definition) is 3. The Morgan fingerprint density at radius 2 is 1.64 bits per heavy atom. The Hall–Kier alpha value is -4.54. The molecule has 1 saturated heterocycles. The predicted molar refractivity (Wildman–Crippen MR) is 195 cm³/mol. The molecule has 2 aromatic carbocycles. The maximum Gasteiger partial charge on any atom is 0.272 e. The zero-order valence-electron chi connectivity index (χ0n) is 29.1. The molecule has 4 heterocycles.